The number of carbonyl (C=O) groups excluding carboxylic acids is 6. The monoisotopic (exact) mass is 1530 g/mol. The predicted molar refractivity (Wildman–Crippen MR) is 388 cm³/mol. The van der Waals surface area contributed by atoms with Crippen LogP contribution in [0.5, 0.6) is 11.5 Å². The van der Waals surface area contributed by atoms with Gasteiger partial charge in [0.2, 0.25) is 18.1 Å². The average molecular weight is 1530 g/mol. The molecule has 578 valence electrons. The number of benzene rings is 3. The molecular formula is C74H88N10O22S2. The van der Waals surface area contributed by atoms with Crippen molar-refractivity contribution in [1.82, 2.24) is 40.2 Å². The zero-order valence-corrected chi connectivity index (χ0v) is 61.7. The number of aliphatic hydroxyl groups is 3. The van der Waals surface area contributed by atoms with Crippen LogP contribution < -0.4 is 30.3 Å². The number of ether oxygens (including phenoxy) is 6. The second-order valence-electron chi connectivity index (χ2n) is 29.6. The van der Waals surface area contributed by atoms with Crippen molar-refractivity contribution in [3.8, 4) is 33.9 Å². The predicted octanol–water partition coefficient (Wildman–Crippen LogP) is 6.26. The van der Waals surface area contributed by atoms with Crippen molar-refractivity contribution in [1.29, 1.82) is 0 Å². The zero-order valence-electron chi connectivity index (χ0n) is 60.1. The van der Waals surface area contributed by atoms with Gasteiger partial charge in [0.1, 0.15) is 54.8 Å². The number of unbranched alkanes of at least 4 members (excludes halogenated alkanes) is 2. The van der Waals surface area contributed by atoms with Crippen LogP contribution in [0.2, 0.25) is 0 Å². The van der Waals surface area contributed by atoms with Crippen molar-refractivity contribution in [2.24, 2.45) is 16.2 Å². The number of urea groups is 1. The van der Waals surface area contributed by atoms with Crippen molar-refractivity contribution in [2.45, 2.75) is 153 Å². The molecule has 8 atom stereocenters. The highest BCUT2D eigenvalue weighted by Crippen LogP contribution is 2.72. The maximum atomic E-state index is 13.8. The van der Waals surface area contributed by atoms with Gasteiger partial charge >= 0.3 is 24.1 Å². The number of likely N-dealkylation sites (N-methyl/N-ethyl adjacent to an activating group) is 1. The molecule has 13 rings (SSSR count). The Kier molecular flexibility index (Phi) is 23.4. The summed E-state index contributed by atoms with van der Waals surface area (Å²) in [5.74, 6) is -6.44. The number of fused-ring (bicyclic) bond motifs is 2. The Balaban J connectivity index is 0.642. The molecule has 5 fully saturated rings. The van der Waals surface area contributed by atoms with Crippen LogP contribution in [0.25, 0.3) is 32.6 Å². The summed E-state index contributed by atoms with van der Waals surface area (Å²) in [5, 5.41) is 65.6. The lowest BCUT2D eigenvalue weighted by Crippen LogP contribution is -2.64. The summed E-state index contributed by atoms with van der Waals surface area (Å²) < 4.78 is 71.5. The summed E-state index contributed by atoms with van der Waals surface area (Å²) in [5.41, 5.74) is 4.51. The third kappa shape index (κ3) is 18.1. The first-order valence-electron chi connectivity index (χ1n) is 35.7. The molecule has 7 amide bonds. The van der Waals surface area contributed by atoms with E-state index in [4.69, 9.17) is 38.5 Å². The van der Waals surface area contributed by atoms with Gasteiger partial charge in [-0.05, 0) is 135 Å². The van der Waals surface area contributed by atoms with Gasteiger partial charge in [-0.15, -0.1) is 0 Å². The number of amides is 7. The van der Waals surface area contributed by atoms with Gasteiger partial charge in [-0.3, -0.25) is 43.5 Å². The van der Waals surface area contributed by atoms with Gasteiger partial charge in [-0.2, -0.15) is 13.5 Å². The number of imide groups is 1. The highest BCUT2D eigenvalue weighted by Gasteiger charge is 2.66. The second kappa shape index (κ2) is 32.3. The number of hydrogen-bond donors (Lipinski definition) is 9. The number of rotatable bonds is 32. The number of aryl methyl sites for hydroxylation is 1. The number of hydrogen-bond acceptors (Lipinski definition) is 23. The van der Waals surface area contributed by atoms with Gasteiger partial charge in [0.15, 0.2) is 16.9 Å². The number of aliphatic hydroxyl groups excluding tert-OH is 3. The minimum absolute atomic E-state index is 0.0806. The first-order valence-corrected chi connectivity index (χ1v) is 38.1. The fourth-order valence-electron chi connectivity index (χ4n) is 17.0. The quantitative estimate of drug-likeness (QED) is 0.0128. The van der Waals surface area contributed by atoms with Crippen LogP contribution >= 0.6 is 11.3 Å². The van der Waals surface area contributed by atoms with Crippen molar-refractivity contribution in [3.05, 3.63) is 114 Å². The molecule has 3 aromatic heterocycles. The standard InChI is InChI=1S/C74H88N10O22S2/c1-43-49(48-19-20-50(78-59(48)65(92)93)45-16-15-44-11-10-25-82(53(44)31-45)69(96)80-68-79-51-12-7-8-13-55(51)107-68)33-76-84(43)42-73-37-71(2)36-72(3,38-73)40-74(39-71,41-73)104-28-26-81(4)70(97)103-34-46-17-18-47(32-54(46)105-67-62(90)60(88)61(89)63(106-67)66(94)95)102-30-29-101-27-23-75-64(91)52(35-108(98,99)100)77-56(85)14-6-5-9-24-83-57(86)21-22-58(83)87/h7-8,12-13,15-22,31-33,52,60-63,67,88-90H,5-6,9-11,14,23-30,34-42H2,1-4H3,(H,75,91)(H,77,85)(H,92,93)(H,94,95)(H,79,80,96)(H,98,99,100)/t52-,60-,61-,62+,63-,67+,71?,72?,73?,74?/m0/s1. The largest absolute Gasteiger partial charge is 0.491 e. The number of pyridine rings is 1. The lowest BCUT2D eigenvalue weighted by Gasteiger charge is -2.69. The van der Waals surface area contributed by atoms with E-state index in [-0.39, 0.29) is 97.5 Å². The molecule has 32 nitrogen and oxygen atoms in total. The van der Waals surface area contributed by atoms with Gasteiger partial charge in [-0.1, -0.05) is 55.9 Å². The first kappa shape index (κ1) is 78.1. The van der Waals surface area contributed by atoms with Crippen molar-refractivity contribution >= 4 is 90.2 Å². The highest BCUT2D eigenvalue weighted by atomic mass is 32.2. The van der Waals surface area contributed by atoms with E-state index in [1.807, 2.05) is 54.1 Å². The molecule has 34 heteroatoms. The van der Waals surface area contributed by atoms with E-state index in [2.05, 4.69) is 34.8 Å². The van der Waals surface area contributed by atoms with E-state index in [0.29, 0.717) is 65.6 Å². The number of aromatic nitrogens is 4. The number of carbonyl (C=O) groups is 8. The molecule has 3 aliphatic heterocycles. The topological polar surface area (TPSA) is 437 Å². The molecule has 0 spiro atoms. The molecule has 6 heterocycles. The number of aliphatic carboxylic acids is 1. The Bertz CT molecular complexity index is 4520. The van der Waals surface area contributed by atoms with Crippen LogP contribution in [0.3, 0.4) is 0 Å². The van der Waals surface area contributed by atoms with Gasteiger partial charge in [0.25, 0.3) is 21.9 Å². The molecule has 4 bridgehead atoms. The molecule has 6 aromatic rings. The highest BCUT2D eigenvalue weighted by molar-refractivity contribution is 7.85. The van der Waals surface area contributed by atoms with Crippen LogP contribution in [0.1, 0.15) is 112 Å². The number of thiazole rings is 1. The number of aromatic carboxylic acids is 1. The van der Waals surface area contributed by atoms with Gasteiger partial charge in [0.05, 0.1) is 47.5 Å². The third-order valence-corrected chi connectivity index (χ3v) is 22.4. The molecular weight excluding hydrogens is 1440 g/mol. The molecule has 2 unspecified atom stereocenters. The molecule has 4 saturated carbocycles. The van der Waals surface area contributed by atoms with Crippen LogP contribution in [-0.4, -0.2) is 223 Å². The summed E-state index contributed by atoms with van der Waals surface area (Å²) in [7, 11) is -3.17. The molecule has 3 aromatic carbocycles. The summed E-state index contributed by atoms with van der Waals surface area (Å²) in [6, 6.07) is 19.3. The Morgan fingerprint density at radius 2 is 1.59 bits per heavy atom. The van der Waals surface area contributed by atoms with Gasteiger partial charge in [0, 0.05) is 98.0 Å². The van der Waals surface area contributed by atoms with E-state index in [0.717, 1.165) is 89.9 Å². The Morgan fingerprint density at radius 3 is 2.32 bits per heavy atom. The summed E-state index contributed by atoms with van der Waals surface area (Å²) >= 11 is 1.40. The van der Waals surface area contributed by atoms with Crippen LogP contribution in [-0.2, 0) is 72.6 Å². The number of carboxylic acid groups (broad SMARTS) is 2. The van der Waals surface area contributed by atoms with E-state index in [1.54, 1.807) is 30.3 Å². The molecule has 1 saturated heterocycles. The van der Waals surface area contributed by atoms with Gasteiger partial charge < -0.3 is 69.5 Å². The summed E-state index contributed by atoms with van der Waals surface area (Å²) in [6.45, 7) is 7.10. The number of nitrogens with one attached hydrogen (secondary N) is 3. The average Bonchev–Trinajstić information content (AvgIpc) is 0.781. The zero-order chi connectivity index (χ0) is 77.0. The van der Waals surface area contributed by atoms with E-state index >= 15 is 0 Å². The fourth-order valence-corrected chi connectivity index (χ4v) is 18.5. The Labute approximate surface area is 625 Å². The van der Waals surface area contributed by atoms with Crippen LogP contribution in [0, 0.1) is 23.2 Å². The fraction of sp³-hybridized carbons (Fsp3) is 0.500. The van der Waals surface area contributed by atoms with Crippen molar-refractivity contribution in [2.75, 3.05) is 75.6 Å². The number of para-hydroxylation sites is 1. The molecule has 9 N–H and O–H groups in total. The number of carboxylic acids is 2. The lowest BCUT2D eigenvalue weighted by molar-refractivity contribution is -0.271. The molecule has 108 heavy (non-hydrogen) atoms. The van der Waals surface area contributed by atoms with E-state index < -0.39 is 106 Å². The summed E-state index contributed by atoms with van der Waals surface area (Å²) in [6.07, 6.45) is 1.15. The normalized spacial score (nSPS) is 24.5. The minimum Gasteiger partial charge on any atom is -0.491 e. The number of nitrogens with zero attached hydrogens (tertiary/aromatic N) is 7. The second-order valence-corrected chi connectivity index (χ2v) is 32.1. The first-order chi connectivity index (χ1) is 51.4. The smallest absolute Gasteiger partial charge is 0.409 e. The van der Waals surface area contributed by atoms with Crippen LogP contribution in [0.4, 0.5) is 20.4 Å². The lowest BCUT2D eigenvalue weighted by atomic mass is 9.39. The summed E-state index contributed by atoms with van der Waals surface area (Å²) in [4.78, 5) is 115. The SMILES string of the molecule is Cc1c(-c2ccc(-c3ccc4c(c3)N(C(=O)Nc3nc5ccccc5s3)CCC4)nc2C(=O)O)cnn1CC12CC3(C)CC(C)(C1)CC(OCCN(C)C(=O)OCc1ccc(OCCOCCNC(=O)[C@H](CS(=O)(=O)O)NC(=O)CCCCCN4C(=O)C=CC4=O)cc1O[C@@H]1O[C@H](C(=O)O)[C@@H](O)[C@H](O)[C@H]1O)(C3)C2. The molecule has 0 radical (unpaired) electrons. The van der Waals surface area contributed by atoms with E-state index in [9.17, 15) is 76.9 Å². The Morgan fingerprint density at radius 1 is 0.833 bits per heavy atom. The van der Waals surface area contributed by atoms with E-state index in [1.165, 1.54) is 34.4 Å². The third-order valence-electron chi connectivity index (χ3n) is 20.7. The minimum atomic E-state index is -4.73. The molecule has 4 aliphatic carbocycles. The number of anilines is 2. The molecule has 7 aliphatic rings. The van der Waals surface area contributed by atoms with Crippen molar-refractivity contribution < 1.29 is 105 Å². The Hall–Kier alpha value is -9.52. The maximum Gasteiger partial charge on any atom is 0.409 e. The van der Waals surface area contributed by atoms with Crippen LogP contribution in [0.15, 0.2) is 91.1 Å². The van der Waals surface area contributed by atoms with Crippen molar-refractivity contribution in [3.63, 3.8) is 0 Å². The van der Waals surface area contributed by atoms with Gasteiger partial charge in [-0.25, -0.2) is 29.1 Å². The maximum absolute atomic E-state index is 13.8.